The molecule has 3 fully saturated rings. The minimum Gasteiger partial charge on any atom is -0.378 e. The minimum atomic E-state index is 0.140. The number of nitrogens with zero attached hydrogens (tertiary/aromatic N) is 5. The standard InChI is InChI=1S/C25H33N5O2/c31-25(30-14-8-22(9-15-30)28-12-2-1-3-13-28)21-6-4-20(5-7-21)23-24(27-11-10-26-23)29-16-18-32-19-17-29/h4-7,10-11,22H,1-3,8-9,12-19H2. The molecule has 170 valence electrons. The maximum atomic E-state index is 13.1. The van der Waals surface area contributed by atoms with Gasteiger partial charge in [-0.3, -0.25) is 9.78 Å². The van der Waals surface area contributed by atoms with E-state index in [-0.39, 0.29) is 5.91 Å². The molecule has 5 rings (SSSR count). The van der Waals surface area contributed by atoms with Crippen LogP contribution in [-0.2, 0) is 4.74 Å². The van der Waals surface area contributed by atoms with E-state index in [9.17, 15) is 4.79 Å². The number of carbonyl (C=O) groups excluding carboxylic acids is 1. The highest BCUT2D eigenvalue weighted by molar-refractivity contribution is 5.95. The molecule has 0 unspecified atom stereocenters. The highest BCUT2D eigenvalue weighted by Crippen LogP contribution is 2.28. The molecule has 1 aromatic carbocycles. The number of carbonyl (C=O) groups is 1. The fourth-order valence-electron chi connectivity index (χ4n) is 5.21. The van der Waals surface area contributed by atoms with Crippen LogP contribution in [0.2, 0.25) is 0 Å². The lowest BCUT2D eigenvalue weighted by molar-refractivity contribution is 0.0590. The van der Waals surface area contributed by atoms with Crippen LogP contribution < -0.4 is 4.90 Å². The molecule has 0 saturated carbocycles. The summed E-state index contributed by atoms with van der Waals surface area (Å²) in [7, 11) is 0. The van der Waals surface area contributed by atoms with E-state index in [0.717, 1.165) is 61.7 Å². The summed E-state index contributed by atoms with van der Waals surface area (Å²) in [5.74, 6) is 1.02. The van der Waals surface area contributed by atoms with Crippen molar-refractivity contribution in [3.8, 4) is 11.3 Å². The zero-order chi connectivity index (χ0) is 21.8. The number of benzene rings is 1. The van der Waals surface area contributed by atoms with Crippen molar-refractivity contribution in [2.75, 3.05) is 57.4 Å². The van der Waals surface area contributed by atoms with Crippen LogP contribution in [0.25, 0.3) is 11.3 Å². The molecule has 2 aromatic rings. The number of ether oxygens (including phenoxy) is 1. The summed E-state index contributed by atoms with van der Waals surface area (Å²) in [6.45, 7) is 7.21. The molecule has 3 aliphatic heterocycles. The second-order valence-corrected chi connectivity index (χ2v) is 9.03. The molecular formula is C25H33N5O2. The van der Waals surface area contributed by atoms with Crippen LogP contribution in [0.3, 0.4) is 0 Å². The van der Waals surface area contributed by atoms with E-state index in [1.165, 1.54) is 32.4 Å². The summed E-state index contributed by atoms with van der Waals surface area (Å²) in [5.41, 5.74) is 2.60. The molecule has 0 bridgehead atoms. The van der Waals surface area contributed by atoms with Gasteiger partial charge in [-0.1, -0.05) is 18.6 Å². The Morgan fingerprint density at radius 2 is 1.53 bits per heavy atom. The van der Waals surface area contributed by atoms with Crippen molar-refractivity contribution in [1.29, 1.82) is 0 Å². The molecule has 7 nitrogen and oxygen atoms in total. The van der Waals surface area contributed by atoms with Crippen molar-refractivity contribution < 1.29 is 9.53 Å². The van der Waals surface area contributed by atoms with Gasteiger partial charge < -0.3 is 19.4 Å². The first-order chi connectivity index (χ1) is 15.8. The first-order valence-electron chi connectivity index (χ1n) is 12.1. The maximum Gasteiger partial charge on any atom is 0.253 e. The molecule has 0 spiro atoms. The summed E-state index contributed by atoms with van der Waals surface area (Å²) in [6.07, 6.45) is 9.66. The Hall–Kier alpha value is -2.51. The van der Waals surface area contributed by atoms with E-state index >= 15 is 0 Å². The molecule has 4 heterocycles. The number of amides is 1. The van der Waals surface area contributed by atoms with Crippen LogP contribution in [0.15, 0.2) is 36.7 Å². The van der Waals surface area contributed by atoms with E-state index in [0.29, 0.717) is 19.3 Å². The van der Waals surface area contributed by atoms with Crippen LogP contribution in [0, 0.1) is 0 Å². The fourth-order valence-corrected chi connectivity index (χ4v) is 5.21. The predicted octanol–water partition coefficient (Wildman–Crippen LogP) is 3.07. The largest absolute Gasteiger partial charge is 0.378 e. The average molecular weight is 436 g/mol. The topological polar surface area (TPSA) is 61.8 Å². The molecule has 0 aliphatic carbocycles. The highest BCUT2D eigenvalue weighted by atomic mass is 16.5. The molecule has 0 radical (unpaired) electrons. The van der Waals surface area contributed by atoms with E-state index in [4.69, 9.17) is 4.74 Å². The number of morpholine rings is 1. The summed E-state index contributed by atoms with van der Waals surface area (Å²) < 4.78 is 5.47. The Kier molecular flexibility index (Phi) is 6.64. The Labute approximate surface area is 190 Å². The third-order valence-electron chi connectivity index (χ3n) is 7.05. The summed E-state index contributed by atoms with van der Waals surface area (Å²) in [4.78, 5) is 29.2. The van der Waals surface area contributed by atoms with Crippen LogP contribution >= 0.6 is 0 Å². The first-order valence-corrected chi connectivity index (χ1v) is 12.1. The SMILES string of the molecule is O=C(c1ccc(-c2nccnc2N2CCOCC2)cc1)N1CCC(N2CCCCC2)CC1. The van der Waals surface area contributed by atoms with Crippen molar-refractivity contribution >= 4 is 11.7 Å². The lowest BCUT2D eigenvalue weighted by atomic mass is 9.99. The van der Waals surface area contributed by atoms with Crippen molar-refractivity contribution in [3.05, 3.63) is 42.2 Å². The second-order valence-electron chi connectivity index (χ2n) is 9.03. The predicted molar refractivity (Wildman–Crippen MR) is 125 cm³/mol. The van der Waals surface area contributed by atoms with Gasteiger partial charge in [0.1, 0.15) is 5.69 Å². The van der Waals surface area contributed by atoms with Crippen molar-refractivity contribution in [1.82, 2.24) is 19.8 Å². The number of anilines is 1. The van der Waals surface area contributed by atoms with Crippen LogP contribution in [-0.4, -0.2) is 84.2 Å². The van der Waals surface area contributed by atoms with E-state index < -0.39 is 0 Å². The molecule has 3 aliphatic rings. The van der Waals surface area contributed by atoms with Gasteiger partial charge in [-0.05, 0) is 50.9 Å². The minimum absolute atomic E-state index is 0.140. The van der Waals surface area contributed by atoms with E-state index in [1.54, 1.807) is 12.4 Å². The molecule has 1 aromatic heterocycles. The van der Waals surface area contributed by atoms with E-state index in [1.807, 2.05) is 29.2 Å². The fraction of sp³-hybridized carbons (Fsp3) is 0.560. The molecular weight excluding hydrogens is 402 g/mol. The van der Waals surface area contributed by atoms with Crippen LogP contribution in [0.4, 0.5) is 5.82 Å². The average Bonchev–Trinajstić information content (AvgIpc) is 2.89. The molecule has 0 atom stereocenters. The smallest absolute Gasteiger partial charge is 0.253 e. The van der Waals surface area contributed by atoms with Crippen LogP contribution in [0.5, 0.6) is 0 Å². The van der Waals surface area contributed by atoms with Gasteiger partial charge in [-0.2, -0.15) is 0 Å². The Morgan fingerprint density at radius 3 is 2.25 bits per heavy atom. The number of hydrogen-bond donors (Lipinski definition) is 0. The zero-order valence-electron chi connectivity index (χ0n) is 18.8. The second kappa shape index (κ2) is 9.96. The Morgan fingerprint density at radius 1 is 0.844 bits per heavy atom. The Balaban J connectivity index is 1.24. The van der Waals surface area contributed by atoms with Crippen molar-refractivity contribution in [3.63, 3.8) is 0 Å². The summed E-state index contributed by atoms with van der Waals surface area (Å²) in [6, 6.07) is 8.53. The lowest BCUT2D eigenvalue weighted by Gasteiger charge is -2.40. The van der Waals surface area contributed by atoms with Gasteiger partial charge in [0.15, 0.2) is 5.82 Å². The number of piperidine rings is 2. The van der Waals surface area contributed by atoms with Crippen LogP contribution in [0.1, 0.15) is 42.5 Å². The van der Waals surface area contributed by atoms with Gasteiger partial charge in [0, 0.05) is 55.7 Å². The summed E-state index contributed by atoms with van der Waals surface area (Å²) in [5, 5.41) is 0. The van der Waals surface area contributed by atoms with Gasteiger partial charge >= 0.3 is 0 Å². The van der Waals surface area contributed by atoms with E-state index in [2.05, 4.69) is 19.8 Å². The number of likely N-dealkylation sites (tertiary alicyclic amines) is 2. The molecule has 3 saturated heterocycles. The van der Waals surface area contributed by atoms with Crippen molar-refractivity contribution in [2.45, 2.75) is 38.1 Å². The van der Waals surface area contributed by atoms with Crippen molar-refractivity contribution in [2.24, 2.45) is 0 Å². The number of aromatic nitrogens is 2. The first kappa shape index (κ1) is 21.3. The number of hydrogen-bond acceptors (Lipinski definition) is 6. The molecule has 7 heteroatoms. The highest BCUT2D eigenvalue weighted by Gasteiger charge is 2.28. The van der Waals surface area contributed by atoms with Gasteiger partial charge in [-0.25, -0.2) is 4.98 Å². The van der Waals surface area contributed by atoms with Gasteiger partial charge in [0.2, 0.25) is 0 Å². The monoisotopic (exact) mass is 435 g/mol. The third-order valence-corrected chi connectivity index (χ3v) is 7.05. The summed E-state index contributed by atoms with van der Waals surface area (Å²) >= 11 is 0. The normalized spacial score (nSPS) is 21.0. The van der Waals surface area contributed by atoms with Gasteiger partial charge in [-0.15, -0.1) is 0 Å². The third kappa shape index (κ3) is 4.64. The Bertz CT molecular complexity index is 899. The molecule has 1 amide bonds. The van der Waals surface area contributed by atoms with Gasteiger partial charge in [0.05, 0.1) is 13.2 Å². The maximum absolute atomic E-state index is 13.1. The van der Waals surface area contributed by atoms with Gasteiger partial charge in [0.25, 0.3) is 5.91 Å². The lowest BCUT2D eigenvalue weighted by Crippen LogP contribution is -2.48. The molecule has 32 heavy (non-hydrogen) atoms. The number of rotatable bonds is 4. The molecule has 0 N–H and O–H groups in total. The zero-order valence-corrected chi connectivity index (χ0v) is 18.8. The quantitative estimate of drug-likeness (QED) is 0.736.